The third-order valence-electron chi connectivity index (χ3n) is 3.82. The fourth-order valence-electron chi connectivity index (χ4n) is 2.62. The van der Waals surface area contributed by atoms with Crippen LogP contribution in [0.5, 0.6) is 0 Å². The molecule has 1 aliphatic heterocycles. The summed E-state index contributed by atoms with van der Waals surface area (Å²) in [6.45, 7) is 4.35. The van der Waals surface area contributed by atoms with E-state index in [0.717, 1.165) is 32.7 Å². The van der Waals surface area contributed by atoms with E-state index in [1.165, 1.54) is 5.56 Å². The predicted octanol–water partition coefficient (Wildman–Crippen LogP) is 2.04. The summed E-state index contributed by atoms with van der Waals surface area (Å²) in [5.74, 6) is 0.0856. The topological polar surface area (TPSA) is 36.4 Å². The molecule has 1 aromatic carbocycles. The number of piperazine rings is 1. The summed E-state index contributed by atoms with van der Waals surface area (Å²) in [7, 11) is 0. The Morgan fingerprint density at radius 3 is 2.43 bits per heavy atom. The van der Waals surface area contributed by atoms with Gasteiger partial charge in [-0.15, -0.1) is 0 Å². The van der Waals surface area contributed by atoms with Gasteiger partial charge in [-0.1, -0.05) is 30.3 Å². The van der Waals surface area contributed by atoms with Crippen molar-refractivity contribution < 1.29 is 4.79 Å². The normalized spacial score (nSPS) is 15.9. The highest BCUT2D eigenvalue weighted by Crippen LogP contribution is 2.11. The van der Waals surface area contributed by atoms with E-state index in [1.54, 1.807) is 18.5 Å². The molecule has 0 atom stereocenters. The lowest BCUT2D eigenvalue weighted by atomic mass is 10.2. The number of amides is 1. The number of rotatable bonds is 3. The molecule has 2 heterocycles. The highest BCUT2D eigenvalue weighted by Gasteiger charge is 2.22. The molecule has 4 nitrogen and oxygen atoms in total. The molecule has 1 amide bonds. The van der Waals surface area contributed by atoms with E-state index in [9.17, 15) is 4.79 Å². The third-order valence-corrected chi connectivity index (χ3v) is 3.82. The van der Waals surface area contributed by atoms with Crippen LogP contribution in [-0.4, -0.2) is 46.9 Å². The van der Waals surface area contributed by atoms with Gasteiger partial charge in [0.25, 0.3) is 5.91 Å². The van der Waals surface area contributed by atoms with Gasteiger partial charge in [0.15, 0.2) is 0 Å². The summed E-state index contributed by atoms with van der Waals surface area (Å²) >= 11 is 0. The van der Waals surface area contributed by atoms with Gasteiger partial charge in [-0.25, -0.2) is 0 Å². The number of carbonyl (C=O) groups is 1. The quantitative estimate of drug-likeness (QED) is 0.864. The minimum Gasteiger partial charge on any atom is -0.336 e. The summed E-state index contributed by atoms with van der Waals surface area (Å²) in [6, 6.07) is 14.1. The fourth-order valence-corrected chi connectivity index (χ4v) is 2.62. The molecule has 0 bridgehead atoms. The van der Waals surface area contributed by atoms with Crippen molar-refractivity contribution >= 4 is 5.91 Å². The molecule has 0 unspecified atom stereocenters. The largest absolute Gasteiger partial charge is 0.336 e. The van der Waals surface area contributed by atoms with E-state index in [1.807, 2.05) is 17.0 Å². The fraction of sp³-hybridized carbons (Fsp3) is 0.294. The lowest BCUT2D eigenvalue weighted by molar-refractivity contribution is 0.0628. The molecule has 4 heteroatoms. The van der Waals surface area contributed by atoms with Gasteiger partial charge in [0.2, 0.25) is 0 Å². The second kappa shape index (κ2) is 6.50. The van der Waals surface area contributed by atoms with Crippen LogP contribution in [0, 0.1) is 0 Å². The van der Waals surface area contributed by atoms with Gasteiger partial charge in [-0.3, -0.25) is 14.7 Å². The minimum atomic E-state index is 0.0856. The number of benzene rings is 1. The van der Waals surface area contributed by atoms with Gasteiger partial charge in [0.1, 0.15) is 0 Å². The molecule has 1 saturated heterocycles. The molecule has 1 fully saturated rings. The van der Waals surface area contributed by atoms with Gasteiger partial charge in [0.05, 0.1) is 5.56 Å². The van der Waals surface area contributed by atoms with E-state index >= 15 is 0 Å². The number of nitrogens with zero attached hydrogens (tertiary/aromatic N) is 3. The van der Waals surface area contributed by atoms with E-state index in [0.29, 0.717) is 5.56 Å². The Morgan fingerprint density at radius 2 is 1.76 bits per heavy atom. The first kappa shape index (κ1) is 13.8. The first-order chi connectivity index (χ1) is 10.3. The molecule has 1 aromatic heterocycles. The first-order valence-corrected chi connectivity index (χ1v) is 7.28. The van der Waals surface area contributed by atoms with E-state index in [2.05, 4.69) is 34.1 Å². The lowest BCUT2D eigenvalue weighted by Gasteiger charge is -2.34. The first-order valence-electron chi connectivity index (χ1n) is 7.28. The Bertz CT molecular complexity index is 577. The van der Waals surface area contributed by atoms with Crippen molar-refractivity contribution in [2.75, 3.05) is 26.2 Å². The Labute approximate surface area is 125 Å². The van der Waals surface area contributed by atoms with Crippen molar-refractivity contribution in [2.45, 2.75) is 6.54 Å². The van der Waals surface area contributed by atoms with Crippen LogP contribution in [0.25, 0.3) is 0 Å². The maximum atomic E-state index is 12.3. The van der Waals surface area contributed by atoms with Crippen molar-refractivity contribution in [2.24, 2.45) is 0 Å². The molecule has 0 aliphatic carbocycles. The molecule has 0 N–H and O–H groups in total. The molecule has 1 aliphatic rings. The third kappa shape index (κ3) is 3.47. The molecular formula is C17H19N3O. The summed E-state index contributed by atoms with van der Waals surface area (Å²) in [6.07, 6.45) is 3.33. The van der Waals surface area contributed by atoms with E-state index in [4.69, 9.17) is 0 Å². The Kier molecular flexibility index (Phi) is 4.26. The maximum Gasteiger partial charge on any atom is 0.255 e. The molecule has 3 rings (SSSR count). The predicted molar refractivity (Wildman–Crippen MR) is 81.9 cm³/mol. The van der Waals surface area contributed by atoms with E-state index in [-0.39, 0.29) is 5.91 Å². The van der Waals surface area contributed by atoms with Gasteiger partial charge < -0.3 is 4.90 Å². The van der Waals surface area contributed by atoms with Crippen LogP contribution in [0.1, 0.15) is 15.9 Å². The molecule has 108 valence electrons. The monoisotopic (exact) mass is 281 g/mol. The molecule has 0 spiro atoms. The SMILES string of the molecule is O=C(c1cccnc1)N1CCN(Cc2ccccc2)CC1. The zero-order valence-corrected chi connectivity index (χ0v) is 12.0. The molecule has 2 aromatic rings. The number of aromatic nitrogens is 1. The van der Waals surface area contributed by atoms with Crippen LogP contribution in [0.15, 0.2) is 54.9 Å². The molecule has 21 heavy (non-hydrogen) atoms. The van der Waals surface area contributed by atoms with Crippen molar-refractivity contribution in [3.63, 3.8) is 0 Å². The molecule has 0 radical (unpaired) electrons. The Balaban J connectivity index is 1.54. The van der Waals surface area contributed by atoms with Crippen molar-refractivity contribution in [3.05, 3.63) is 66.0 Å². The van der Waals surface area contributed by atoms with Gasteiger partial charge in [-0.05, 0) is 17.7 Å². The Morgan fingerprint density at radius 1 is 1.00 bits per heavy atom. The average molecular weight is 281 g/mol. The number of pyridine rings is 1. The number of hydrogen-bond donors (Lipinski definition) is 0. The second-order valence-corrected chi connectivity index (χ2v) is 5.30. The van der Waals surface area contributed by atoms with Crippen molar-refractivity contribution in [1.82, 2.24) is 14.8 Å². The van der Waals surface area contributed by atoms with Crippen LogP contribution in [0.2, 0.25) is 0 Å². The minimum absolute atomic E-state index is 0.0856. The Hall–Kier alpha value is -2.20. The summed E-state index contributed by atoms with van der Waals surface area (Å²) in [5, 5.41) is 0. The lowest BCUT2D eigenvalue weighted by Crippen LogP contribution is -2.48. The van der Waals surface area contributed by atoms with Crippen molar-refractivity contribution in [3.8, 4) is 0 Å². The number of carbonyl (C=O) groups excluding carboxylic acids is 1. The summed E-state index contributed by atoms with van der Waals surface area (Å²) in [5.41, 5.74) is 2.00. The van der Waals surface area contributed by atoms with Gasteiger partial charge in [-0.2, -0.15) is 0 Å². The summed E-state index contributed by atoms with van der Waals surface area (Å²) < 4.78 is 0. The highest BCUT2D eigenvalue weighted by atomic mass is 16.2. The molecular weight excluding hydrogens is 262 g/mol. The highest BCUT2D eigenvalue weighted by molar-refractivity contribution is 5.93. The van der Waals surface area contributed by atoms with Gasteiger partial charge in [0, 0.05) is 45.1 Å². The van der Waals surface area contributed by atoms with Crippen LogP contribution < -0.4 is 0 Å². The average Bonchev–Trinajstić information content (AvgIpc) is 2.57. The van der Waals surface area contributed by atoms with Gasteiger partial charge >= 0.3 is 0 Å². The van der Waals surface area contributed by atoms with Crippen molar-refractivity contribution in [1.29, 1.82) is 0 Å². The second-order valence-electron chi connectivity index (χ2n) is 5.30. The standard InChI is InChI=1S/C17H19N3O/c21-17(16-7-4-8-18-13-16)20-11-9-19(10-12-20)14-15-5-2-1-3-6-15/h1-8,13H,9-12,14H2. The van der Waals surface area contributed by atoms with Crippen LogP contribution >= 0.6 is 0 Å². The maximum absolute atomic E-state index is 12.3. The van der Waals surface area contributed by atoms with E-state index < -0.39 is 0 Å². The smallest absolute Gasteiger partial charge is 0.255 e. The summed E-state index contributed by atoms with van der Waals surface area (Å²) in [4.78, 5) is 20.7. The van der Waals surface area contributed by atoms with Crippen LogP contribution in [-0.2, 0) is 6.54 Å². The zero-order chi connectivity index (χ0) is 14.5. The number of hydrogen-bond acceptors (Lipinski definition) is 3. The molecule has 0 saturated carbocycles. The van der Waals surface area contributed by atoms with Crippen LogP contribution in [0.3, 0.4) is 0 Å². The zero-order valence-electron chi connectivity index (χ0n) is 12.0. The van der Waals surface area contributed by atoms with Crippen LogP contribution in [0.4, 0.5) is 0 Å².